The first-order valence-corrected chi connectivity index (χ1v) is 12.0. The molecule has 2 unspecified atom stereocenters. The number of hydrogen-bond acceptors (Lipinski definition) is 6. The van der Waals surface area contributed by atoms with Crippen LogP contribution in [0.3, 0.4) is 0 Å². The van der Waals surface area contributed by atoms with E-state index in [0.29, 0.717) is 16.3 Å². The van der Waals surface area contributed by atoms with Crippen molar-refractivity contribution in [3.63, 3.8) is 0 Å². The van der Waals surface area contributed by atoms with Crippen molar-refractivity contribution >= 4 is 60.3 Å². The Morgan fingerprint density at radius 1 is 0.897 bits per heavy atom. The molecule has 2 atom stereocenters. The molecule has 2 aliphatic rings. The van der Waals surface area contributed by atoms with Gasteiger partial charge in [-0.1, -0.05) is 29.3 Å². The van der Waals surface area contributed by atoms with Crippen LogP contribution in [0, 0.1) is 10.1 Å². The van der Waals surface area contributed by atoms with Gasteiger partial charge in [0.2, 0.25) is 20.0 Å². The van der Waals surface area contributed by atoms with E-state index in [-0.39, 0.29) is 22.0 Å². The largest absolute Gasteiger partial charge is 0.293 e. The third-order valence-electron chi connectivity index (χ3n) is 4.66. The van der Waals surface area contributed by atoms with Gasteiger partial charge in [0.05, 0.1) is 10.6 Å². The fourth-order valence-corrected chi connectivity index (χ4v) is 6.31. The number of halogens is 2. The Balaban J connectivity index is 0.000000169. The molecule has 0 bridgehead atoms. The molecule has 0 aliphatic carbocycles. The van der Waals surface area contributed by atoms with Crippen LogP contribution < -0.4 is 9.44 Å². The zero-order valence-corrected chi connectivity index (χ0v) is 18.2. The Labute approximate surface area is 177 Å². The van der Waals surface area contributed by atoms with E-state index in [2.05, 4.69) is 9.44 Å². The molecule has 0 spiro atoms. The lowest BCUT2D eigenvalue weighted by Gasteiger charge is -2.03. The molecule has 2 heterocycles. The Hall–Kier alpha value is -2.08. The molecule has 2 aromatic carbocycles. The SMILES string of the molecule is CC1c2c(Cl)ccc([N+](=O)[O-])c2NS1(=O)=O.CC1c2c(Cl)cccc2NS1(=O)=O. The smallest absolute Gasteiger partial charge is 0.283 e. The minimum atomic E-state index is -3.60. The van der Waals surface area contributed by atoms with Crippen molar-refractivity contribution in [2.75, 3.05) is 9.44 Å². The number of anilines is 2. The quantitative estimate of drug-likeness (QED) is 0.463. The van der Waals surface area contributed by atoms with E-state index in [9.17, 15) is 26.9 Å². The summed E-state index contributed by atoms with van der Waals surface area (Å²) in [5, 5.41) is 9.99. The van der Waals surface area contributed by atoms with Gasteiger partial charge in [0.15, 0.2) is 0 Å². The van der Waals surface area contributed by atoms with Crippen LogP contribution >= 0.6 is 23.2 Å². The summed E-state index contributed by atoms with van der Waals surface area (Å²) in [6, 6.07) is 7.64. The number of nitro groups is 1. The second-order valence-corrected chi connectivity index (χ2v) is 11.2. The number of nitrogens with one attached hydrogen (secondary N) is 2. The number of rotatable bonds is 1. The van der Waals surface area contributed by atoms with E-state index in [1.165, 1.54) is 19.1 Å². The summed E-state index contributed by atoms with van der Waals surface area (Å²) in [7, 11) is -6.84. The average molecular weight is 480 g/mol. The number of benzene rings is 2. The third-order valence-corrected chi connectivity index (χ3v) is 8.65. The van der Waals surface area contributed by atoms with Gasteiger partial charge in [-0.3, -0.25) is 19.6 Å². The lowest BCUT2D eigenvalue weighted by molar-refractivity contribution is -0.383. The molecule has 0 aromatic heterocycles. The summed E-state index contributed by atoms with van der Waals surface area (Å²) in [6.07, 6.45) is 0. The van der Waals surface area contributed by atoms with Crippen LogP contribution in [-0.2, 0) is 20.0 Å². The predicted molar refractivity (Wildman–Crippen MR) is 111 cm³/mol. The minimum absolute atomic E-state index is 0.0231. The zero-order valence-electron chi connectivity index (χ0n) is 15.0. The highest BCUT2D eigenvalue weighted by Gasteiger charge is 2.39. The first-order valence-electron chi connectivity index (χ1n) is 8.15. The average Bonchev–Trinajstić information content (AvgIpc) is 2.99. The van der Waals surface area contributed by atoms with Crippen molar-refractivity contribution in [2.45, 2.75) is 24.3 Å². The lowest BCUT2D eigenvalue weighted by Crippen LogP contribution is -2.10. The molecule has 0 saturated carbocycles. The van der Waals surface area contributed by atoms with E-state index >= 15 is 0 Å². The first kappa shape index (κ1) is 21.6. The van der Waals surface area contributed by atoms with Crippen LogP contribution in [0.1, 0.15) is 35.5 Å². The molecule has 0 radical (unpaired) electrons. The number of fused-ring (bicyclic) bond motifs is 2. The van der Waals surface area contributed by atoms with E-state index in [4.69, 9.17) is 23.2 Å². The minimum Gasteiger partial charge on any atom is -0.283 e. The Kier molecular flexibility index (Phi) is 5.45. The maximum Gasteiger partial charge on any atom is 0.293 e. The molecule has 9 nitrogen and oxygen atoms in total. The Bertz CT molecular complexity index is 1230. The maximum atomic E-state index is 11.6. The molecule has 0 amide bonds. The van der Waals surface area contributed by atoms with Crippen molar-refractivity contribution in [3.05, 3.63) is 61.6 Å². The molecule has 13 heteroatoms. The first-order chi connectivity index (χ1) is 13.4. The second-order valence-electron chi connectivity index (χ2n) is 6.39. The molecule has 0 fully saturated rings. The Morgan fingerprint density at radius 2 is 1.45 bits per heavy atom. The van der Waals surface area contributed by atoms with Gasteiger partial charge in [0.1, 0.15) is 16.2 Å². The number of sulfonamides is 2. The van der Waals surface area contributed by atoms with Crippen molar-refractivity contribution < 1.29 is 21.8 Å². The molecule has 29 heavy (non-hydrogen) atoms. The summed E-state index contributed by atoms with van der Waals surface area (Å²) in [6.45, 7) is 3.06. The number of hydrogen-bond donors (Lipinski definition) is 2. The fourth-order valence-electron chi connectivity index (χ4n) is 3.06. The topological polar surface area (TPSA) is 135 Å². The highest BCUT2D eigenvalue weighted by atomic mass is 35.5. The summed E-state index contributed by atoms with van der Waals surface area (Å²) in [5.41, 5.74) is 1.22. The lowest BCUT2D eigenvalue weighted by atomic mass is 10.1. The number of nitrogens with zero attached hydrogens (tertiary/aromatic N) is 1. The van der Waals surface area contributed by atoms with Gasteiger partial charge in [-0.05, 0) is 32.0 Å². The van der Waals surface area contributed by atoms with Gasteiger partial charge in [-0.2, -0.15) is 0 Å². The third kappa shape index (κ3) is 3.75. The second kappa shape index (κ2) is 7.31. The normalized spacial score (nSPS) is 22.3. The van der Waals surface area contributed by atoms with Crippen molar-refractivity contribution in [3.8, 4) is 0 Å². The van der Waals surface area contributed by atoms with Crippen LogP contribution in [0.2, 0.25) is 10.0 Å². The van der Waals surface area contributed by atoms with Gasteiger partial charge < -0.3 is 0 Å². The Morgan fingerprint density at radius 3 is 2.03 bits per heavy atom. The molecule has 2 aliphatic heterocycles. The van der Waals surface area contributed by atoms with Crippen LogP contribution in [0.15, 0.2) is 30.3 Å². The van der Waals surface area contributed by atoms with Gasteiger partial charge in [0.25, 0.3) is 5.69 Å². The molecule has 2 N–H and O–H groups in total. The summed E-state index contributed by atoms with van der Waals surface area (Å²) in [5.74, 6) is 0. The maximum absolute atomic E-state index is 11.6. The van der Waals surface area contributed by atoms with Crippen LogP contribution in [0.25, 0.3) is 0 Å². The van der Waals surface area contributed by atoms with E-state index in [1.54, 1.807) is 25.1 Å². The van der Waals surface area contributed by atoms with Crippen LogP contribution in [-0.4, -0.2) is 21.8 Å². The summed E-state index contributed by atoms with van der Waals surface area (Å²) in [4.78, 5) is 10.1. The van der Waals surface area contributed by atoms with Crippen LogP contribution in [0.5, 0.6) is 0 Å². The van der Waals surface area contributed by atoms with Gasteiger partial charge in [0, 0.05) is 27.2 Å². The highest BCUT2D eigenvalue weighted by Crippen LogP contribution is 2.46. The highest BCUT2D eigenvalue weighted by molar-refractivity contribution is 7.93. The zero-order chi connectivity index (χ0) is 21.7. The summed E-state index contributed by atoms with van der Waals surface area (Å²) < 4.78 is 50.5. The molecule has 0 saturated heterocycles. The summed E-state index contributed by atoms with van der Waals surface area (Å²) >= 11 is 11.7. The van der Waals surface area contributed by atoms with Gasteiger partial charge in [-0.25, -0.2) is 16.8 Å². The van der Waals surface area contributed by atoms with E-state index in [0.717, 1.165) is 0 Å². The fraction of sp³-hybridized carbons (Fsp3) is 0.250. The van der Waals surface area contributed by atoms with E-state index < -0.39 is 35.5 Å². The van der Waals surface area contributed by atoms with Crippen molar-refractivity contribution in [1.82, 2.24) is 0 Å². The van der Waals surface area contributed by atoms with E-state index in [1.807, 2.05) is 0 Å². The molecular weight excluding hydrogens is 465 g/mol. The standard InChI is InChI=1S/C8H7ClN2O4S.C8H8ClNO2S/c1-4-7-5(9)2-3-6(11(12)13)8(7)10-16(4,14)15;1-5-8-6(9)3-2-4-7(8)10-13(5,11)12/h2-4,10H,1H3;2-5,10H,1H3. The number of nitro benzene ring substituents is 1. The predicted octanol–water partition coefficient (Wildman–Crippen LogP) is 4.22. The molecular formula is C16H15Cl2N3O6S2. The van der Waals surface area contributed by atoms with Gasteiger partial charge in [-0.15, -0.1) is 0 Å². The molecule has 156 valence electrons. The molecule has 4 rings (SSSR count). The van der Waals surface area contributed by atoms with Crippen LogP contribution in [0.4, 0.5) is 17.1 Å². The monoisotopic (exact) mass is 479 g/mol. The molecule has 2 aromatic rings. The van der Waals surface area contributed by atoms with Gasteiger partial charge >= 0.3 is 0 Å². The van der Waals surface area contributed by atoms with Crippen molar-refractivity contribution in [1.29, 1.82) is 0 Å². The van der Waals surface area contributed by atoms with Crippen molar-refractivity contribution in [2.24, 2.45) is 0 Å².